The molecule has 2 nitrogen and oxygen atoms in total. The van der Waals surface area contributed by atoms with Crippen LogP contribution in [0.15, 0.2) is 0 Å². The first-order chi connectivity index (χ1) is 5.70. The number of rotatable bonds is 6. The summed E-state index contributed by atoms with van der Waals surface area (Å²) in [7, 11) is 0. The molecule has 0 aliphatic heterocycles. The van der Waals surface area contributed by atoms with Gasteiger partial charge >= 0.3 is 5.97 Å². The molecular weight excluding hydrogens is 172 g/mol. The summed E-state index contributed by atoms with van der Waals surface area (Å²) in [6.45, 7) is 4.21. The zero-order chi connectivity index (χ0) is 9.40. The fourth-order valence-electron chi connectivity index (χ4n) is 1.02. The van der Waals surface area contributed by atoms with Gasteiger partial charge < -0.3 is 4.74 Å². The van der Waals surface area contributed by atoms with Crippen LogP contribution in [0.1, 0.15) is 33.1 Å². The minimum atomic E-state index is -0.174. The Morgan fingerprint density at radius 2 is 2.25 bits per heavy atom. The van der Waals surface area contributed by atoms with E-state index >= 15 is 0 Å². The third-order valence-electron chi connectivity index (χ3n) is 1.76. The van der Waals surface area contributed by atoms with Crippen LogP contribution in [0, 0.1) is 0 Å². The Morgan fingerprint density at radius 3 is 2.67 bits per heavy atom. The van der Waals surface area contributed by atoms with Crippen LogP contribution in [0.5, 0.6) is 0 Å². The average Bonchev–Trinajstić information content (AvgIpc) is 2.04. The van der Waals surface area contributed by atoms with E-state index in [-0.39, 0.29) is 5.97 Å². The standard InChI is InChI=1S/C9H18O2S/c1-4-9(12-3)6-5-7-11-8(2)10/h9H,4-7H2,1-3H3. The van der Waals surface area contributed by atoms with Crippen LogP contribution < -0.4 is 0 Å². The number of carbonyl (C=O) groups is 1. The third kappa shape index (κ3) is 6.53. The van der Waals surface area contributed by atoms with Gasteiger partial charge in [0.05, 0.1) is 6.61 Å². The molecule has 0 aromatic carbocycles. The van der Waals surface area contributed by atoms with Gasteiger partial charge in [-0.05, 0) is 25.5 Å². The molecule has 1 unspecified atom stereocenters. The van der Waals surface area contributed by atoms with Crippen molar-refractivity contribution in [2.75, 3.05) is 12.9 Å². The Balaban J connectivity index is 3.23. The van der Waals surface area contributed by atoms with Crippen molar-refractivity contribution in [3.05, 3.63) is 0 Å². The summed E-state index contributed by atoms with van der Waals surface area (Å²) in [5.74, 6) is -0.174. The van der Waals surface area contributed by atoms with Crippen LogP contribution in [-0.4, -0.2) is 24.1 Å². The smallest absolute Gasteiger partial charge is 0.302 e. The Labute approximate surface area is 79.1 Å². The van der Waals surface area contributed by atoms with Gasteiger partial charge in [0, 0.05) is 12.2 Å². The largest absolute Gasteiger partial charge is 0.466 e. The topological polar surface area (TPSA) is 26.3 Å². The van der Waals surface area contributed by atoms with E-state index in [0.717, 1.165) is 18.1 Å². The van der Waals surface area contributed by atoms with Crippen molar-refractivity contribution in [2.24, 2.45) is 0 Å². The van der Waals surface area contributed by atoms with E-state index in [9.17, 15) is 4.79 Å². The first-order valence-electron chi connectivity index (χ1n) is 4.36. The second kappa shape index (κ2) is 7.47. The van der Waals surface area contributed by atoms with Gasteiger partial charge in [-0.25, -0.2) is 0 Å². The summed E-state index contributed by atoms with van der Waals surface area (Å²) in [5.41, 5.74) is 0. The van der Waals surface area contributed by atoms with E-state index in [1.807, 2.05) is 11.8 Å². The summed E-state index contributed by atoms with van der Waals surface area (Å²) in [6.07, 6.45) is 5.45. The summed E-state index contributed by atoms with van der Waals surface area (Å²) >= 11 is 1.89. The van der Waals surface area contributed by atoms with E-state index in [2.05, 4.69) is 13.2 Å². The normalized spacial score (nSPS) is 12.6. The Kier molecular flexibility index (Phi) is 7.36. The lowest BCUT2D eigenvalue weighted by atomic mass is 10.2. The molecule has 0 heterocycles. The highest BCUT2D eigenvalue weighted by Crippen LogP contribution is 2.16. The molecule has 0 rings (SSSR count). The molecule has 0 saturated heterocycles. The number of esters is 1. The minimum Gasteiger partial charge on any atom is -0.466 e. The predicted molar refractivity (Wildman–Crippen MR) is 53.5 cm³/mol. The fourth-order valence-corrected chi connectivity index (χ4v) is 1.75. The maximum absolute atomic E-state index is 10.4. The number of ether oxygens (including phenoxy) is 1. The van der Waals surface area contributed by atoms with Crippen molar-refractivity contribution in [2.45, 2.75) is 38.4 Å². The van der Waals surface area contributed by atoms with Gasteiger partial charge in [0.25, 0.3) is 0 Å². The highest BCUT2D eigenvalue weighted by Gasteiger charge is 2.03. The maximum atomic E-state index is 10.4. The molecule has 1 atom stereocenters. The summed E-state index contributed by atoms with van der Waals surface area (Å²) < 4.78 is 4.83. The van der Waals surface area contributed by atoms with Crippen LogP contribution in [-0.2, 0) is 9.53 Å². The summed E-state index contributed by atoms with van der Waals surface area (Å²) in [6, 6.07) is 0. The van der Waals surface area contributed by atoms with Crippen LogP contribution >= 0.6 is 11.8 Å². The molecule has 0 fully saturated rings. The molecule has 0 N–H and O–H groups in total. The van der Waals surface area contributed by atoms with Gasteiger partial charge in [-0.1, -0.05) is 6.92 Å². The lowest BCUT2D eigenvalue weighted by Crippen LogP contribution is -2.05. The fraction of sp³-hybridized carbons (Fsp3) is 0.889. The lowest BCUT2D eigenvalue weighted by molar-refractivity contribution is -0.141. The number of hydrogen-bond acceptors (Lipinski definition) is 3. The van der Waals surface area contributed by atoms with Crippen molar-refractivity contribution in [3.8, 4) is 0 Å². The summed E-state index contributed by atoms with van der Waals surface area (Å²) in [5, 5.41) is 0.723. The van der Waals surface area contributed by atoms with Crippen molar-refractivity contribution in [1.82, 2.24) is 0 Å². The molecule has 12 heavy (non-hydrogen) atoms. The zero-order valence-electron chi connectivity index (χ0n) is 8.13. The molecule has 0 bridgehead atoms. The molecule has 0 radical (unpaired) electrons. The van der Waals surface area contributed by atoms with Gasteiger partial charge in [0.1, 0.15) is 0 Å². The quantitative estimate of drug-likeness (QED) is 0.475. The van der Waals surface area contributed by atoms with Gasteiger partial charge in [-0.3, -0.25) is 4.79 Å². The van der Waals surface area contributed by atoms with Crippen molar-refractivity contribution >= 4 is 17.7 Å². The van der Waals surface area contributed by atoms with Gasteiger partial charge in [-0.15, -0.1) is 0 Å². The van der Waals surface area contributed by atoms with E-state index in [1.54, 1.807) is 0 Å². The van der Waals surface area contributed by atoms with Crippen LogP contribution in [0.25, 0.3) is 0 Å². The first-order valence-corrected chi connectivity index (χ1v) is 5.65. The SMILES string of the molecule is CCC(CCCOC(C)=O)SC. The molecule has 0 spiro atoms. The zero-order valence-corrected chi connectivity index (χ0v) is 8.95. The Morgan fingerprint density at radius 1 is 1.58 bits per heavy atom. The van der Waals surface area contributed by atoms with E-state index < -0.39 is 0 Å². The number of thioether (sulfide) groups is 1. The molecule has 0 aromatic heterocycles. The molecule has 0 saturated carbocycles. The van der Waals surface area contributed by atoms with E-state index in [0.29, 0.717) is 6.61 Å². The van der Waals surface area contributed by atoms with Crippen LogP contribution in [0.4, 0.5) is 0 Å². The molecule has 0 aliphatic rings. The number of hydrogen-bond donors (Lipinski definition) is 0. The van der Waals surface area contributed by atoms with Gasteiger partial charge in [0.15, 0.2) is 0 Å². The lowest BCUT2D eigenvalue weighted by Gasteiger charge is -2.10. The molecule has 3 heteroatoms. The third-order valence-corrected chi connectivity index (χ3v) is 3.00. The molecule has 72 valence electrons. The average molecular weight is 190 g/mol. The second-order valence-corrected chi connectivity index (χ2v) is 3.89. The molecule has 0 aliphatic carbocycles. The Bertz CT molecular complexity index is 122. The van der Waals surface area contributed by atoms with Crippen molar-refractivity contribution < 1.29 is 9.53 Å². The Hall–Kier alpha value is -0.180. The molecular formula is C9H18O2S. The van der Waals surface area contributed by atoms with Crippen molar-refractivity contribution in [1.29, 1.82) is 0 Å². The summed E-state index contributed by atoms with van der Waals surface area (Å²) in [4.78, 5) is 10.4. The van der Waals surface area contributed by atoms with Crippen LogP contribution in [0.2, 0.25) is 0 Å². The monoisotopic (exact) mass is 190 g/mol. The first kappa shape index (κ1) is 11.8. The van der Waals surface area contributed by atoms with E-state index in [4.69, 9.17) is 4.74 Å². The van der Waals surface area contributed by atoms with E-state index in [1.165, 1.54) is 13.3 Å². The van der Waals surface area contributed by atoms with Crippen LogP contribution in [0.3, 0.4) is 0 Å². The number of carbonyl (C=O) groups excluding carboxylic acids is 1. The highest BCUT2D eigenvalue weighted by atomic mass is 32.2. The van der Waals surface area contributed by atoms with Gasteiger partial charge in [0.2, 0.25) is 0 Å². The van der Waals surface area contributed by atoms with Crippen molar-refractivity contribution in [3.63, 3.8) is 0 Å². The van der Waals surface area contributed by atoms with Gasteiger partial charge in [-0.2, -0.15) is 11.8 Å². The second-order valence-electron chi connectivity index (χ2n) is 2.75. The predicted octanol–water partition coefficient (Wildman–Crippen LogP) is 2.47. The minimum absolute atomic E-state index is 0.174. The molecule has 0 aromatic rings. The molecule has 0 amide bonds. The maximum Gasteiger partial charge on any atom is 0.302 e. The highest BCUT2D eigenvalue weighted by molar-refractivity contribution is 7.99.